The Labute approximate surface area is 75.3 Å². The molecule has 0 aliphatic carbocycles. The van der Waals surface area contributed by atoms with Crippen molar-refractivity contribution in [3.05, 3.63) is 0 Å². The second kappa shape index (κ2) is 6.18. The molecule has 0 aromatic heterocycles. The smallest absolute Gasteiger partial charge is 0.164 e. The average Bonchev–Trinajstić information content (AvgIpc) is 2.03. The van der Waals surface area contributed by atoms with Gasteiger partial charge in [0, 0.05) is 12.5 Å². The molecule has 0 amide bonds. The summed E-state index contributed by atoms with van der Waals surface area (Å²) in [5.74, 6) is 0.326. The van der Waals surface area contributed by atoms with Gasteiger partial charge in [0.05, 0.1) is 0 Å². The van der Waals surface area contributed by atoms with Gasteiger partial charge in [-0.1, -0.05) is 27.2 Å². The highest BCUT2D eigenvalue weighted by Gasteiger charge is 2.19. The normalized spacial score (nSPS) is 13.4. The molecule has 0 aliphatic rings. The van der Waals surface area contributed by atoms with Crippen molar-refractivity contribution in [1.82, 2.24) is 0 Å². The molecule has 0 spiro atoms. The van der Waals surface area contributed by atoms with Crippen molar-refractivity contribution >= 4 is 5.78 Å². The molecule has 1 atom stereocenters. The molecule has 0 aromatic carbocycles. The SMILES string of the molecule is CCC[C@H](OCC)C(=O)C(C)C. The van der Waals surface area contributed by atoms with E-state index in [9.17, 15) is 4.79 Å². The summed E-state index contributed by atoms with van der Waals surface area (Å²) in [6.07, 6.45) is 1.69. The highest BCUT2D eigenvalue weighted by Crippen LogP contribution is 2.09. The van der Waals surface area contributed by atoms with Gasteiger partial charge in [0.25, 0.3) is 0 Å². The third kappa shape index (κ3) is 3.86. The molecule has 2 heteroatoms. The molecule has 12 heavy (non-hydrogen) atoms. The van der Waals surface area contributed by atoms with Gasteiger partial charge >= 0.3 is 0 Å². The van der Waals surface area contributed by atoms with Crippen molar-refractivity contribution in [2.24, 2.45) is 5.92 Å². The summed E-state index contributed by atoms with van der Waals surface area (Å²) in [6, 6.07) is 0. The van der Waals surface area contributed by atoms with E-state index >= 15 is 0 Å². The third-order valence-electron chi connectivity index (χ3n) is 1.81. The maximum Gasteiger partial charge on any atom is 0.164 e. The van der Waals surface area contributed by atoms with Crippen LogP contribution >= 0.6 is 0 Å². The lowest BCUT2D eigenvalue weighted by Crippen LogP contribution is -2.28. The van der Waals surface area contributed by atoms with Crippen molar-refractivity contribution in [2.75, 3.05) is 6.61 Å². The van der Waals surface area contributed by atoms with Gasteiger partial charge in [0.1, 0.15) is 6.10 Å². The molecule has 0 radical (unpaired) electrons. The fourth-order valence-corrected chi connectivity index (χ4v) is 1.14. The molecule has 0 N–H and O–H groups in total. The van der Waals surface area contributed by atoms with Crippen molar-refractivity contribution in [1.29, 1.82) is 0 Å². The number of ketones is 1. The Hall–Kier alpha value is -0.370. The number of carbonyl (C=O) groups excluding carboxylic acids is 1. The van der Waals surface area contributed by atoms with E-state index in [-0.39, 0.29) is 17.8 Å². The number of carbonyl (C=O) groups is 1. The third-order valence-corrected chi connectivity index (χ3v) is 1.81. The first-order valence-electron chi connectivity index (χ1n) is 4.78. The van der Waals surface area contributed by atoms with Crippen LogP contribution in [0.2, 0.25) is 0 Å². The summed E-state index contributed by atoms with van der Waals surface area (Å²) in [4.78, 5) is 11.5. The molecule has 2 nitrogen and oxygen atoms in total. The predicted molar refractivity (Wildman–Crippen MR) is 50.2 cm³/mol. The van der Waals surface area contributed by atoms with Crippen LogP contribution < -0.4 is 0 Å². The van der Waals surface area contributed by atoms with Crippen LogP contribution in [0, 0.1) is 5.92 Å². The molecule has 0 saturated carbocycles. The summed E-state index contributed by atoms with van der Waals surface area (Å²) in [5, 5.41) is 0. The zero-order chi connectivity index (χ0) is 9.56. The Kier molecular flexibility index (Phi) is 5.99. The van der Waals surface area contributed by atoms with E-state index < -0.39 is 0 Å². The lowest BCUT2D eigenvalue weighted by Gasteiger charge is -2.16. The number of ether oxygens (including phenoxy) is 1. The van der Waals surface area contributed by atoms with Crippen LogP contribution in [-0.2, 0) is 9.53 Å². The molecule has 0 unspecified atom stereocenters. The topological polar surface area (TPSA) is 26.3 Å². The molecule has 0 aliphatic heterocycles. The average molecular weight is 172 g/mol. The van der Waals surface area contributed by atoms with E-state index in [4.69, 9.17) is 4.74 Å². The fourth-order valence-electron chi connectivity index (χ4n) is 1.14. The van der Waals surface area contributed by atoms with Crippen LogP contribution in [0.15, 0.2) is 0 Å². The second-order valence-electron chi connectivity index (χ2n) is 3.29. The molecule has 0 aromatic rings. The largest absolute Gasteiger partial charge is 0.371 e. The Morgan fingerprint density at radius 1 is 1.33 bits per heavy atom. The first-order valence-corrected chi connectivity index (χ1v) is 4.78. The molecular weight excluding hydrogens is 152 g/mol. The quantitative estimate of drug-likeness (QED) is 0.615. The van der Waals surface area contributed by atoms with Crippen LogP contribution in [0.25, 0.3) is 0 Å². The maximum atomic E-state index is 11.5. The predicted octanol–water partition coefficient (Wildman–Crippen LogP) is 2.42. The van der Waals surface area contributed by atoms with Crippen molar-refractivity contribution in [3.8, 4) is 0 Å². The van der Waals surface area contributed by atoms with Crippen LogP contribution in [0.1, 0.15) is 40.5 Å². The first kappa shape index (κ1) is 11.6. The molecule has 0 fully saturated rings. The van der Waals surface area contributed by atoms with E-state index in [2.05, 4.69) is 6.92 Å². The maximum absolute atomic E-state index is 11.5. The van der Waals surface area contributed by atoms with Crippen molar-refractivity contribution < 1.29 is 9.53 Å². The van der Waals surface area contributed by atoms with Crippen molar-refractivity contribution in [3.63, 3.8) is 0 Å². The fraction of sp³-hybridized carbons (Fsp3) is 0.900. The van der Waals surface area contributed by atoms with E-state index in [0.29, 0.717) is 6.61 Å². The minimum Gasteiger partial charge on any atom is -0.371 e. The van der Waals surface area contributed by atoms with Crippen LogP contribution in [0.4, 0.5) is 0 Å². The van der Waals surface area contributed by atoms with Gasteiger partial charge in [0.15, 0.2) is 5.78 Å². The Morgan fingerprint density at radius 3 is 2.25 bits per heavy atom. The van der Waals surface area contributed by atoms with Crippen LogP contribution in [0.3, 0.4) is 0 Å². The standard InChI is InChI=1S/C10H20O2/c1-5-7-9(12-6-2)10(11)8(3)4/h8-9H,5-7H2,1-4H3/t9-/m0/s1. The van der Waals surface area contributed by atoms with E-state index in [0.717, 1.165) is 12.8 Å². The summed E-state index contributed by atoms with van der Waals surface area (Å²) in [5.41, 5.74) is 0. The minimum absolute atomic E-state index is 0.0908. The van der Waals surface area contributed by atoms with Gasteiger partial charge in [-0.3, -0.25) is 4.79 Å². The molecule has 0 bridgehead atoms. The number of rotatable bonds is 6. The van der Waals surface area contributed by atoms with Crippen LogP contribution in [-0.4, -0.2) is 18.5 Å². The Bertz CT molecular complexity index is 124. The van der Waals surface area contributed by atoms with Crippen LogP contribution in [0.5, 0.6) is 0 Å². The number of Topliss-reactive ketones (excluding diaryl/α,β-unsaturated/α-hetero) is 1. The van der Waals surface area contributed by atoms with Crippen molar-refractivity contribution in [2.45, 2.75) is 46.6 Å². The zero-order valence-electron chi connectivity index (χ0n) is 8.59. The summed E-state index contributed by atoms with van der Waals surface area (Å²) >= 11 is 0. The summed E-state index contributed by atoms with van der Waals surface area (Å²) in [6.45, 7) is 8.47. The first-order chi connectivity index (χ1) is 5.63. The van der Waals surface area contributed by atoms with Gasteiger partial charge in [-0.05, 0) is 13.3 Å². The Morgan fingerprint density at radius 2 is 1.92 bits per heavy atom. The summed E-state index contributed by atoms with van der Waals surface area (Å²) < 4.78 is 5.36. The van der Waals surface area contributed by atoms with Gasteiger partial charge in [-0.25, -0.2) is 0 Å². The van der Waals surface area contributed by atoms with E-state index in [1.54, 1.807) is 0 Å². The minimum atomic E-state index is -0.167. The number of hydrogen-bond donors (Lipinski definition) is 0. The highest BCUT2D eigenvalue weighted by atomic mass is 16.5. The Balaban J connectivity index is 3.99. The van der Waals surface area contributed by atoms with Gasteiger partial charge in [0.2, 0.25) is 0 Å². The highest BCUT2D eigenvalue weighted by molar-refractivity contribution is 5.84. The number of hydrogen-bond acceptors (Lipinski definition) is 2. The molecule has 0 heterocycles. The monoisotopic (exact) mass is 172 g/mol. The molecule has 0 saturated heterocycles. The van der Waals surface area contributed by atoms with Gasteiger partial charge < -0.3 is 4.74 Å². The zero-order valence-corrected chi connectivity index (χ0v) is 8.59. The van der Waals surface area contributed by atoms with Gasteiger partial charge in [-0.2, -0.15) is 0 Å². The molecule has 0 rings (SSSR count). The lowest BCUT2D eigenvalue weighted by atomic mass is 10.0. The second-order valence-corrected chi connectivity index (χ2v) is 3.29. The van der Waals surface area contributed by atoms with E-state index in [1.165, 1.54) is 0 Å². The summed E-state index contributed by atoms with van der Waals surface area (Å²) in [7, 11) is 0. The van der Waals surface area contributed by atoms with E-state index in [1.807, 2.05) is 20.8 Å². The molecular formula is C10H20O2. The lowest BCUT2D eigenvalue weighted by molar-refractivity contribution is -0.133. The molecule has 72 valence electrons. The van der Waals surface area contributed by atoms with Gasteiger partial charge in [-0.15, -0.1) is 0 Å².